The molecule has 0 heterocycles. The van der Waals surface area contributed by atoms with Gasteiger partial charge in [-0.05, 0) is 18.4 Å². The first-order chi connectivity index (χ1) is 9.38. The van der Waals surface area contributed by atoms with Crippen molar-refractivity contribution in [3.8, 4) is 0 Å². The lowest BCUT2D eigenvalue weighted by Crippen LogP contribution is -2.27. The van der Waals surface area contributed by atoms with Crippen LogP contribution in [0.1, 0.15) is 18.4 Å². The molecular formula is C13H18NO5P. The van der Waals surface area contributed by atoms with E-state index in [0.29, 0.717) is 17.3 Å². The van der Waals surface area contributed by atoms with Crippen LogP contribution in [0.15, 0.2) is 42.2 Å². The topological polar surface area (TPSA) is 98.1 Å². The van der Waals surface area contributed by atoms with Gasteiger partial charge in [0.05, 0.1) is 6.54 Å². The molecule has 1 aromatic carbocycles. The fourth-order valence-corrected chi connectivity index (χ4v) is 1.97. The summed E-state index contributed by atoms with van der Waals surface area (Å²) in [5.74, 6) is 0.185. The molecule has 0 atom stereocenters. The molecule has 1 rings (SSSR count). The van der Waals surface area contributed by atoms with Crippen LogP contribution in [0.2, 0.25) is 0 Å². The number of aryl methyl sites for hydroxylation is 1. The molecule has 0 bridgehead atoms. The van der Waals surface area contributed by atoms with Gasteiger partial charge < -0.3 is 9.79 Å². The molecule has 6 nitrogen and oxygen atoms in total. The molecule has 1 aromatic rings. The maximum absolute atomic E-state index is 11.5. The Morgan fingerprint density at radius 1 is 1.25 bits per heavy atom. The van der Waals surface area contributed by atoms with Crippen molar-refractivity contribution in [2.45, 2.75) is 19.3 Å². The van der Waals surface area contributed by atoms with E-state index in [4.69, 9.17) is 9.79 Å². The average Bonchev–Trinajstić information content (AvgIpc) is 2.38. The standard InChI is InChI=1S/C13H18NO5P/c15-13(14(16)10-5-11-20(17,18)19)9-4-8-12-6-2-1-3-7-12/h1-3,5-7,11,16H,4,8-10H2,(H2,17,18,19)/b11-5+. The van der Waals surface area contributed by atoms with E-state index in [9.17, 15) is 14.6 Å². The number of hydrogen-bond donors (Lipinski definition) is 3. The third kappa shape index (κ3) is 7.21. The Hall–Kier alpha value is -1.46. The van der Waals surface area contributed by atoms with Gasteiger partial charge >= 0.3 is 7.60 Å². The molecule has 0 aliphatic rings. The number of benzene rings is 1. The number of carbonyl (C=O) groups is 1. The van der Waals surface area contributed by atoms with E-state index in [1.54, 1.807) is 0 Å². The van der Waals surface area contributed by atoms with Crippen LogP contribution in [0.4, 0.5) is 0 Å². The molecule has 0 aliphatic heterocycles. The number of rotatable bonds is 7. The third-order valence-electron chi connectivity index (χ3n) is 2.56. The van der Waals surface area contributed by atoms with Gasteiger partial charge in [0, 0.05) is 12.2 Å². The molecule has 0 radical (unpaired) electrons. The Morgan fingerprint density at radius 2 is 1.90 bits per heavy atom. The second kappa shape index (κ2) is 7.97. The first-order valence-corrected chi connectivity index (χ1v) is 7.83. The van der Waals surface area contributed by atoms with E-state index in [0.717, 1.165) is 18.1 Å². The highest BCUT2D eigenvalue weighted by Crippen LogP contribution is 2.35. The Labute approximate surface area is 117 Å². The van der Waals surface area contributed by atoms with E-state index in [-0.39, 0.29) is 13.0 Å². The monoisotopic (exact) mass is 299 g/mol. The summed E-state index contributed by atoms with van der Waals surface area (Å²) >= 11 is 0. The Bertz CT molecular complexity index is 497. The molecule has 0 unspecified atom stereocenters. The predicted molar refractivity (Wildman–Crippen MR) is 74.1 cm³/mol. The minimum absolute atomic E-state index is 0.176. The summed E-state index contributed by atoms with van der Waals surface area (Å²) in [7, 11) is -4.24. The molecule has 0 aromatic heterocycles. The number of hydrogen-bond acceptors (Lipinski definition) is 3. The van der Waals surface area contributed by atoms with Crippen LogP contribution >= 0.6 is 7.60 Å². The van der Waals surface area contributed by atoms with Crippen molar-refractivity contribution in [1.82, 2.24) is 5.06 Å². The maximum Gasteiger partial charge on any atom is 0.348 e. The zero-order chi connectivity index (χ0) is 15.0. The second-order valence-electron chi connectivity index (χ2n) is 4.29. The molecule has 0 fully saturated rings. The van der Waals surface area contributed by atoms with E-state index in [2.05, 4.69) is 0 Å². The number of nitrogens with zero attached hydrogens (tertiary/aromatic N) is 1. The van der Waals surface area contributed by atoms with Crippen molar-refractivity contribution < 1.29 is 24.4 Å². The van der Waals surface area contributed by atoms with Gasteiger partial charge in [0.1, 0.15) is 0 Å². The van der Waals surface area contributed by atoms with Crippen molar-refractivity contribution in [3.05, 3.63) is 47.8 Å². The normalized spacial score (nSPS) is 11.8. The molecule has 0 spiro atoms. The summed E-state index contributed by atoms with van der Waals surface area (Å²) in [6.45, 7) is -0.241. The van der Waals surface area contributed by atoms with Crippen molar-refractivity contribution in [2.24, 2.45) is 0 Å². The summed E-state index contributed by atoms with van der Waals surface area (Å²) in [4.78, 5) is 28.7. The second-order valence-corrected chi connectivity index (χ2v) is 5.77. The van der Waals surface area contributed by atoms with Gasteiger partial charge in [-0.25, -0.2) is 5.06 Å². The van der Waals surface area contributed by atoms with Crippen molar-refractivity contribution >= 4 is 13.5 Å². The van der Waals surface area contributed by atoms with E-state index < -0.39 is 13.5 Å². The molecule has 20 heavy (non-hydrogen) atoms. The maximum atomic E-state index is 11.5. The van der Waals surface area contributed by atoms with Gasteiger partial charge in [0.2, 0.25) is 5.91 Å². The number of amides is 1. The number of carbonyl (C=O) groups excluding carboxylic acids is 1. The minimum atomic E-state index is -4.24. The van der Waals surface area contributed by atoms with Gasteiger partial charge in [-0.15, -0.1) is 0 Å². The summed E-state index contributed by atoms with van der Waals surface area (Å²) < 4.78 is 10.5. The van der Waals surface area contributed by atoms with Crippen LogP contribution in [0.3, 0.4) is 0 Å². The van der Waals surface area contributed by atoms with Crippen molar-refractivity contribution in [3.63, 3.8) is 0 Å². The molecule has 0 aliphatic carbocycles. The lowest BCUT2D eigenvalue weighted by molar-refractivity contribution is -0.162. The molecule has 0 saturated heterocycles. The fourth-order valence-electron chi connectivity index (χ4n) is 1.60. The van der Waals surface area contributed by atoms with Crippen LogP contribution in [-0.4, -0.2) is 32.5 Å². The van der Waals surface area contributed by atoms with Crippen LogP contribution in [0.25, 0.3) is 0 Å². The average molecular weight is 299 g/mol. The summed E-state index contributed by atoms with van der Waals surface area (Å²) in [6.07, 6.45) is 2.58. The van der Waals surface area contributed by atoms with E-state index in [1.165, 1.54) is 0 Å². The SMILES string of the molecule is O=C(CCCc1ccccc1)N(O)C/C=C/P(=O)(O)O. The summed E-state index contributed by atoms with van der Waals surface area (Å²) in [5.41, 5.74) is 1.12. The first-order valence-electron chi connectivity index (χ1n) is 6.14. The smallest absolute Gasteiger partial charge is 0.321 e. The Balaban J connectivity index is 2.28. The predicted octanol–water partition coefficient (Wildman–Crippen LogP) is 1.92. The van der Waals surface area contributed by atoms with E-state index >= 15 is 0 Å². The van der Waals surface area contributed by atoms with Gasteiger partial charge in [-0.2, -0.15) is 0 Å². The summed E-state index contributed by atoms with van der Waals surface area (Å²) in [6, 6.07) is 9.68. The van der Waals surface area contributed by atoms with Crippen molar-refractivity contribution in [2.75, 3.05) is 6.54 Å². The molecule has 110 valence electrons. The van der Waals surface area contributed by atoms with Crippen LogP contribution in [0, 0.1) is 0 Å². The minimum Gasteiger partial charge on any atom is -0.321 e. The Kier molecular flexibility index (Phi) is 6.61. The van der Waals surface area contributed by atoms with Crippen LogP contribution in [0.5, 0.6) is 0 Å². The zero-order valence-electron chi connectivity index (χ0n) is 10.9. The fraction of sp³-hybridized carbons (Fsp3) is 0.308. The summed E-state index contributed by atoms with van der Waals surface area (Å²) in [5, 5.41) is 9.85. The van der Waals surface area contributed by atoms with Gasteiger partial charge in [-0.3, -0.25) is 14.6 Å². The van der Waals surface area contributed by atoms with E-state index in [1.807, 2.05) is 30.3 Å². The highest BCUT2D eigenvalue weighted by atomic mass is 31.2. The molecular weight excluding hydrogens is 281 g/mol. The van der Waals surface area contributed by atoms with Crippen LogP contribution in [-0.2, 0) is 15.8 Å². The highest BCUT2D eigenvalue weighted by molar-refractivity contribution is 7.55. The first kappa shape index (κ1) is 16.6. The molecule has 0 saturated carbocycles. The lowest BCUT2D eigenvalue weighted by atomic mass is 10.1. The number of hydroxylamine groups is 2. The van der Waals surface area contributed by atoms with Crippen LogP contribution < -0.4 is 0 Å². The third-order valence-corrected chi connectivity index (χ3v) is 3.16. The van der Waals surface area contributed by atoms with Gasteiger partial charge in [0.25, 0.3) is 0 Å². The van der Waals surface area contributed by atoms with Gasteiger partial charge in [-0.1, -0.05) is 36.4 Å². The largest absolute Gasteiger partial charge is 0.348 e. The molecule has 1 amide bonds. The lowest BCUT2D eigenvalue weighted by Gasteiger charge is -2.12. The van der Waals surface area contributed by atoms with Gasteiger partial charge in [0.15, 0.2) is 0 Å². The zero-order valence-corrected chi connectivity index (χ0v) is 11.8. The highest BCUT2D eigenvalue weighted by Gasteiger charge is 2.10. The molecule has 3 N–H and O–H groups in total. The van der Waals surface area contributed by atoms with Crippen molar-refractivity contribution in [1.29, 1.82) is 0 Å². The quantitative estimate of drug-likeness (QED) is 0.406. The molecule has 7 heteroatoms. The Morgan fingerprint density at radius 3 is 2.50 bits per heavy atom.